The molecule has 22 N–H and O–H groups in total. The van der Waals surface area contributed by atoms with E-state index in [9.17, 15) is 53.4 Å². The molecule has 1 saturated heterocycles. The molecule has 27 nitrogen and oxygen atoms in total. The van der Waals surface area contributed by atoms with Gasteiger partial charge in [0.05, 0.1) is 18.7 Å². The van der Waals surface area contributed by atoms with Crippen LogP contribution in [0.25, 0.3) is 0 Å². The van der Waals surface area contributed by atoms with Crippen molar-refractivity contribution in [2.45, 2.75) is 133 Å². The van der Waals surface area contributed by atoms with E-state index in [-0.39, 0.29) is 82.8 Å². The summed E-state index contributed by atoms with van der Waals surface area (Å²) in [5.74, 6) is -8.40. The Labute approximate surface area is 430 Å². The van der Waals surface area contributed by atoms with Crippen LogP contribution in [0.15, 0.2) is 41.0 Å². The van der Waals surface area contributed by atoms with Gasteiger partial charge in [-0.3, -0.25) is 43.8 Å². The van der Waals surface area contributed by atoms with Gasteiger partial charge < -0.3 is 86.7 Å². The van der Waals surface area contributed by atoms with Gasteiger partial charge in [-0.25, -0.2) is 9.79 Å². The number of likely N-dealkylation sites (tertiary alicyclic amines) is 1. The number of nitrogens with one attached hydrogen (secondary N) is 8. The van der Waals surface area contributed by atoms with Crippen molar-refractivity contribution < 1.29 is 53.4 Å². The van der Waals surface area contributed by atoms with Crippen LogP contribution in [-0.4, -0.2) is 168 Å². The lowest BCUT2D eigenvalue weighted by atomic mass is 10.0. The number of amides is 8. The number of carboxylic acid groups (broad SMARTS) is 1. The number of carboxylic acids is 1. The maximum absolute atomic E-state index is 14.2. The highest BCUT2D eigenvalue weighted by atomic mass is 16.4. The molecular weight excluding hydrogens is 965 g/mol. The highest BCUT2D eigenvalue weighted by Crippen LogP contribution is 2.20. The van der Waals surface area contributed by atoms with Gasteiger partial charge >= 0.3 is 5.97 Å². The third-order valence-corrected chi connectivity index (χ3v) is 11.7. The number of unbranched alkanes of at least 4 members (excludes halogenated alkanes) is 2. The Bertz CT molecular complexity index is 2140. The maximum atomic E-state index is 14.2. The SMILES string of the molecule is Cc1ccc(C[C@H](NC(=O)[C@@H]2CCCN2C(=O)/C(CCCN)=N/C(=O)CNC(=O)[C@H](C)NC(=O)[C@@H](NC(=O)[C@@H](N)CCCCN)[C@@H](O)CN)C(=O)N[C@@H](CCCCN)C(=O)N/C(=C\CCNC(=N)N)C(=O)O)cc1. The Morgan fingerprint density at radius 3 is 2.07 bits per heavy atom. The third kappa shape index (κ3) is 22.5. The van der Waals surface area contributed by atoms with E-state index >= 15 is 0 Å². The van der Waals surface area contributed by atoms with E-state index < -0.39 is 114 Å². The van der Waals surface area contributed by atoms with Crippen LogP contribution in [0.5, 0.6) is 0 Å². The first kappa shape index (κ1) is 63.2. The van der Waals surface area contributed by atoms with Gasteiger partial charge in [-0.2, -0.15) is 0 Å². The van der Waals surface area contributed by atoms with Gasteiger partial charge in [-0.05, 0) is 103 Å². The fourth-order valence-electron chi connectivity index (χ4n) is 7.48. The normalized spacial score (nSPS) is 16.1. The smallest absolute Gasteiger partial charge is 0.352 e. The quantitative estimate of drug-likeness (QED) is 0.0136. The maximum Gasteiger partial charge on any atom is 0.352 e. The Morgan fingerprint density at radius 2 is 1.46 bits per heavy atom. The number of benzene rings is 1. The molecule has 0 unspecified atom stereocenters. The first-order chi connectivity index (χ1) is 35.2. The zero-order chi connectivity index (χ0) is 55.3. The number of carbonyl (C=O) groups is 9. The van der Waals surface area contributed by atoms with Crippen LogP contribution in [0.2, 0.25) is 0 Å². The van der Waals surface area contributed by atoms with Crippen LogP contribution in [0.1, 0.15) is 88.7 Å². The molecule has 412 valence electrons. The summed E-state index contributed by atoms with van der Waals surface area (Å²) in [6.07, 6.45) is 2.70. The molecule has 27 heteroatoms. The Morgan fingerprint density at radius 1 is 0.811 bits per heavy atom. The van der Waals surface area contributed by atoms with Crippen molar-refractivity contribution in [2.24, 2.45) is 39.4 Å². The molecule has 1 aliphatic rings. The summed E-state index contributed by atoms with van der Waals surface area (Å²) in [7, 11) is 0. The second-order valence-electron chi connectivity index (χ2n) is 17.8. The lowest BCUT2D eigenvalue weighted by Crippen LogP contribution is -2.60. The number of aliphatic hydroxyl groups is 1. The van der Waals surface area contributed by atoms with Crippen LogP contribution >= 0.6 is 0 Å². The number of aliphatic hydroxyl groups excluding tert-OH is 1. The van der Waals surface area contributed by atoms with Crippen LogP contribution in [-0.2, 0) is 49.6 Å². The molecule has 1 heterocycles. The van der Waals surface area contributed by atoms with E-state index in [0.717, 1.165) is 5.56 Å². The van der Waals surface area contributed by atoms with Crippen LogP contribution < -0.4 is 71.6 Å². The van der Waals surface area contributed by atoms with Crippen molar-refractivity contribution in [1.82, 2.24) is 42.1 Å². The number of hydrogen-bond donors (Lipinski definition) is 16. The van der Waals surface area contributed by atoms with Crippen molar-refractivity contribution in [2.75, 3.05) is 45.8 Å². The fraction of sp³-hybridized carbons (Fsp3) is 0.596. The van der Waals surface area contributed by atoms with Crippen LogP contribution in [0.3, 0.4) is 0 Å². The van der Waals surface area contributed by atoms with Crippen LogP contribution in [0.4, 0.5) is 0 Å². The van der Waals surface area contributed by atoms with E-state index in [4.69, 9.17) is 39.8 Å². The predicted molar refractivity (Wildman–Crippen MR) is 274 cm³/mol. The second-order valence-corrected chi connectivity index (χ2v) is 17.8. The number of guanidine groups is 1. The summed E-state index contributed by atoms with van der Waals surface area (Å²) >= 11 is 0. The van der Waals surface area contributed by atoms with Crippen molar-refractivity contribution in [1.29, 1.82) is 5.41 Å². The molecule has 0 radical (unpaired) electrons. The average Bonchev–Trinajstić information content (AvgIpc) is 3.87. The van der Waals surface area contributed by atoms with Gasteiger partial charge in [0.25, 0.3) is 11.8 Å². The minimum Gasteiger partial charge on any atom is -0.477 e. The minimum absolute atomic E-state index is 0.0533. The molecular formula is C47H78N16O11. The standard InChI is InChI=1S/C47H78N16O11/c1-27-15-17-29(18-16-27)24-34(42(69)59-31(11-4-6-20-49)41(68)60-33(46(73)74)13-8-22-55-47(53)54)61-43(70)35-14-9-23-63(35)45(72)32(12-7-21-50)58-37(65)26-56-39(66)28(2)57-44(71)38(36(64)25-51)62-40(67)30(52)10-3-5-19-48/h13,15-18,28,30-31,34-36,38,64H,3-12,14,19-26,48-52H2,1-2H3,(H,56,66)(H,57,71)(H,59,69)(H,60,68)(H,61,70)(H,62,67)(H,73,74)(H4,53,54,55)/b33-13-,58-32+/t28-,30-,31-,34-,35-,36-,38-/m0/s1. The summed E-state index contributed by atoms with van der Waals surface area (Å²) in [5, 5.41) is 44.8. The van der Waals surface area contributed by atoms with E-state index in [2.05, 4.69) is 42.2 Å². The number of hydrogen-bond acceptors (Lipinski definition) is 16. The Hall–Kier alpha value is -6.91. The van der Waals surface area contributed by atoms with Crippen molar-refractivity contribution in [3.05, 3.63) is 47.2 Å². The van der Waals surface area contributed by atoms with E-state index in [0.29, 0.717) is 44.2 Å². The highest BCUT2D eigenvalue weighted by molar-refractivity contribution is 6.40. The Kier molecular flexibility index (Phi) is 28.8. The molecule has 1 aromatic carbocycles. The number of aliphatic imine (C=N–C) groups is 1. The number of aryl methyl sites for hydroxylation is 1. The number of rotatable bonds is 33. The molecule has 0 aliphatic carbocycles. The number of nitrogens with zero attached hydrogens (tertiary/aromatic N) is 2. The third-order valence-electron chi connectivity index (χ3n) is 11.7. The number of nitrogens with two attached hydrogens (primary N) is 6. The Balaban J connectivity index is 2.29. The molecule has 2 rings (SSSR count). The zero-order valence-electron chi connectivity index (χ0n) is 42.3. The summed E-state index contributed by atoms with van der Waals surface area (Å²) in [6.45, 7) is 2.97. The molecule has 74 heavy (non-hydrogen) atoms. The van der Waals surface area contributed by atoms with Crippen molar-refractivity contribution in [3.8, 4) is 0 Å². The highest BCUT2D eigenvalue weighted by Gasteiger charge is 2.38. The first-order valence-electron chi connectivity index (χ1n) is 24.7. The summed E-state index contributed by atoms with van der Waals surface area (Å²) in [6, 6.07) is -0.467. The zero-order valence-corrected chi connectivity index (χ0v) is 42.3. The monoisotopic (exact) mass is 1040 g/mol. The molecule has 7 atom stereocenters. The topological polar surface area (TPSA) is 474 Å². The van der Waals surface area contributed by atoms with Gasteiger partial charge in [0.15, 0.2) is 5.96 Å². The van der Waals surface area contributed by atoms with Gasteiger partial charge in [0.2, 0.25) is 35.4 Å². The van der Waals surface area contributed by atoms with Gasteiger partial charge in [-0.1, -0.05) is 42.3 Å². The van der Waals surface area contributed by atoms with E-state index in [1.165, 1.54) is 17.9 Å². The molecule has 1 fully saturated rings. The fourth-order valence-corrected chi connectivity index (χ4v) is 7.48. The molecule has 8 amide bonds. The largest absolute Gasteiger partial charge is 0.477 e. The van der Waals surface area contributed by atoms with Gasteiger partial charge in [0.1, 0.15) is 41.6 Å². The predicted octanol–water partition coefficient (Wildman–Crippen LogP) is -4.83. The lowest BCUT2D eigenvalue weighted by Gasteiger charge is -2.28. The molecule has 1 aliphatic heterocycles. The van der Waals surface area contributed by atoms with Gasteiger partial charge in [-0.15, -0.1) is 0 Å². The van der Waals surface area contributed by atoms with Crippen LogP contribution in [0, 0.1) is 12.3 Å². The number of aliphatic carboxylic acids is 1. The summed E-state index contributed by atoms with van der Waals surface area (Å²) < 4.78 is 0. The summed E-state index contributed by atoms with van der Waals surface area (Å²) in [4.78, 5) is 125. The molecule has 0 bridgehead atoms. The number of carbonyl (C=O) groups excluding carboxylic acids is 8. The second kappa shape index (κ2) is 33.7. The average molecular weight is 1040 g/mol. The molecule has 0 saturated carbocycles. The molecule has 1 aromatic rings. The van der Waals surface area contributed by atoms with E-state index in [1.54, 1.807) is 12.1 Å². The molecule has 0 spiro atoms. The van der Waals surface area contributed by atoms with Crippen molar-refractivity contribution >= 4 is 64.9 Å². The first-order valence-corrected chi connectivity index (χ1v) is 24.7. The van der Waals surface area contributed by atoms with Crippen molar-refractivity contribution in [3.63, 3.8) is 0 Å². The lowest BCUT2D eigenvalue weighted by molar-refractivity contribution is -0.137. The minimum atomic E-state index is -1.57. The van der Waals surface area contributed by atoms with Gasteiger partial charge in [0, 0.05) is 26.1 Å². The summed E-state index contributed by atoms with van der Waals surface area (Å²) in [5.41, 5.74) is 34.5. The molecule has 0 aromatic heterocycles. The van der Waals surface area contributed by atoms with E-state index in [1.807, 2.05) is 19.1 Å².